The van der Waals surface area contributed by atoms with Gasteiger partial charge in [0, 0.05) is 12.0 Å². The predicted molar refractivity (Wildman–Crippen MR) is 39.2 cm³/mol. The number of hydrogen-bond acceptors (Lipinski definition) is 2. The van der Waals surface area contributed by atoms with E-state index < -0.39 is 23.3 Å². The molecule has 0 aromatic carbocycles. The van der Waals surface area contributed by atoms with Gasteiger partial charge >= 0.3 is 6.18 Å². The first-order valence-corrected chi connectivity index (χ1v) is 3.95. The molecule has 0 radical (unpaired) electrons. The smallest absolute Gasteiger partial charge is 0.449 e. The molecule has 2 nitrogen and oxygen atoms in total. The number of ketones is 1. The van der Waals surface area contributed by atoms with Crippen LogP contribution in [0.15, 0.2) is 11.3 Å². The van der Waals surface area contributed by atoms with Gasteiger partial charge in [-0.15, -0.1) is 0 Å². The van der Waals surface area contributed by atoms with Gasteiger partial charge in [-0.25, -0.2) is 0 Å². The molecule has 1 aliphatic rings. The van der Waals surface area contributed by atoms with Gasteiger partial charge in [0.2, 0.25) is 5.76 Å². The van der Waals surface area contributed by atoms with Crippen molar-refractivity contribution in [3.05, 3.63) is 11.3 Å². The Labute approximate surface area is 73.1 Å². The van der Waals surface area contributed by atoms with Gasteiger partial charge in [0.15, 0.2) is 5.78 Å². The average Bonchev–Trinajstić information content (AvgIpc) is 2.02. The van der Waals surface area contributed by atoms with Crippen molar-refractivity contribution in [3.63, 3.8) is 0 Å². The van der Waals surface area contributed by atoms with Crippen LogP contribution < -0.4 is 0 Å². The van der Waals surface area contributed by atoms with Gasteiger partial charge in [-0.05, 0) is 19.3 Å². The Bertz CT molecular complexity index is 253. The van der Waals surface area contributed by atoms with Crippen molar-refractivity contribution in [1.82, 2.24) is 0 Å². The van der Waals surface area contributed by atoms with Crippen molar-refractivity contribution in [2.75, 3.05) is 0 Å². The van der Waals surface area contributed by atoms with Gasteiger partial charge in [-0.3, -0.25) is 4.79 Å². The molecule has 5 heteroatoms. The first-order chi connectivity index (χ1) is 5.93. The maximum Gasteiger partial charge on any atom is 0.449 e. The first kappa shape index (κ1) is 10.1. The summed E-state index contributed by atoms with van der Waals surface area (Å²) in [6, 6.07) is 0. The molecule has 1 rings (SSSR count). The van der Waals surface area contributed by atoms with E-state index in [2.05, 4.69) is 0 Å². The molecule has 0 amide bonds. The summed E-state index contributed by atoms with van der Waals surface area (Å²) >= 11 is 0. The lowest BCUT2D eigenvalue weighted by atomic mass is 9.92. The third-order valence-corrected chi connectivity index (χ3v) is 1.97. The first-order valence-electron chi connectivity index (χ1n) is 3.95. The summed E-state index contributed by atoms with van der Waals surface area (Å²) in [7, 11) is 0. The van der Waals surface area contributed by atoms with Crippen LogP contribution in [0.2, 0.25) is 0 Å². The fraction of sp³-hybridized carbons (Fsp3) is 0.625. The van der Waals surface area contributed by atoms with Crippen LogP contribution in [0.3, 0.4) is 0 Å². The number of aliphatic hydroxyl groups excluding tert-OH is 1. The Balaban J connectivity index is 2.94. The number of Topliss-reactive ketones (excluding diaryl/α,β-unsaturated/α-hetero) is 1. The molecular weight excluding hydrogens is 185 g/mol. The van der Waals surface area contributed by atoms with Crippen LogP contribution in [-0.2, 0) is 4.79 Å². The number of hydrogen-bond donors (Lipinski definition) is 1. The van der Waals surface area contributed by atoms with Crippen LogP contribution in [0.4, 0.5) is 13.2 Å². The minimum atomic E-state index is -4.79. The quantitative estimate of drug-likeness (QED) is 0.475. The Morgan fingerprint density at radius 2 is 1.77 bits per heavy atom. The molecule has 0 spiro atoms. The fourth-order valence-electron chi connectivity index (χ4n) is 1.30. The summed E-state index contributed by atoms with van der Waals surface area (Å²) in [5.74, 6) is -2.29. The van der Waals surface area contributed by atoms with E-state index in [1.54, 1.807) is 0 Å². The number of rotatable bonds is 0. The van der Waals surface area contributed by atoms with E-state index in [1.807, 2.05) is 0 Å². The normalized spacial score (nSPS) is 23.2. The van der Waals surface area contributed by atoms with Gasteiger partial charge in [0.05, 0.1) is 0 Å². The lowest BCUT2D eigenvalue weighted by molar-refractivity contribution is -0.128. The molecule has 0 saturated heterocycles. The molecule has 0 bridgehead atoms. The second-order valence-electron chi connectivity index (χ2n) is 2.96. The van der Waals surface area contributed by atoms with Gasteiger partial charge < -0.3 is 5.11 Å². The molecule has 1 fully saturated rings. The molecule has 0 atom stereocenters. The highest BCUT2D eigenvalue weighted by molar-refractivity contribution is 5.96. The van der Waals surface area contributed by atoms with Gasteiger partial charge in [-0.2, -0.15) is 13.2 Å². The molecule has 0 aromatic rings. The zero-order chi connectivity index (χ0) is 10.1. The highest BCUT2D eigenvalue weighted by Crippen LogP contribution is 2.31. The van der Waals surface area contributed by atoms with Crippen LogP contribution in [-0.4, -0.2) is 17.1 Å². The van der Waals surface area contributed by atoms with Gasteiger partial charge in [-0.1, -0.05) is 0 Å². The lowest BCUT2D eigenvalue weighted by Gasteiger charge is -2.15. The number of carbonyl (C=O) groups excluding carboxylic acids is 1. The summed E-state index contributed by atoms with van der Waals surface area (Å²) in [5.41, 5.74) is -0.459. The second-order valence-corrected chi connectivity index (χ2v) is 2.96. The van der Waals surface area contributed by atoms with E-state index in [0.717, 1.165) is 0 Å². The van der Waals surface area contributed by atoms with Crippen molar-refractivity contribution in [3.8, 4) is 0 Å². The SMILES string of the molecule is O=C1CCCC/C1=C(\O)C(F)(F)F. The van der Waals surface area contributed by atoms with Crippen molar-refractivity contribution in [2.24, 2.45) is 0 Å². The minimum absolute atomic E-state index is 0.0319. The van der Waals surface area contributed by atoms with E-state index >= 15 is 0 Å². The lowest BCUT2D eigenvalue weighted by Crippen LogP contribution is -2.20. The third-order valence-electron chi connectivity index (χ3n) is 1.97. The Morgan fingerprint density at radius 3 is 2.23 bits per heavy atom. The molecule has 1 N–H and O–H groups in total. The summed E-state index contributed by atoms with van der Waals surface area (Å²) in [6.45, 7) is 0. The number of carbonyl (C=O) groups is 1. The highest BCUT2D eigenvalue weighted by Gasteiger charge is 2.38. The van der Waals surface area contributed by atoms with Crippen molar-refractivity contribution < 1.29 is 23.1 Å². The molecule has 0 aliphatic heterocycles. The number of aliphatic hydroxyl groups is 1. The Hall–Kier alpha value is -1.00. The summed E-state index contributed by atoms with van der Waals surface area (Å²) in [6.07, 6.45) is -3.52. The van der Waals surface area contributed by atoms with Crippen LogP contribution in [0.5, 0.6) is 0 Å². The molecule has 0 aromatic heterocycles. The van der Waals surface area contributed by atoms with Crippen molar-refractivity contribution in [2.45, 2.75) is 31.9 Å². The predicted octanol–water partition coefficient (Wildman–Crippen LogP) is 2.50. The standard InChI is InChI=1S/C8H9F3O2/c9-8(10,11)7(13)5-3-1-2-4-6(5)12/h13H,1-4H2/b7-5+. The van der Waals surface area contributed by atoms with Crippen LogP contribution in [0.25, 0.3) is 0 Å². The molecule has 0 unspecified atom stereocenters. The van der Waals surface area contributed by atoms with Crippen LogP contribution >= 0.6 is 0 Å². The molecule has 0 heterocycles. The topological polar surface area (TPSA) is 37.3 Å². The van der Waals surface area contributed by atoms with Crippen molar-refractivity contribution in [1.29, 1.82) is 0 Å². The number of alkyl halides is 3. The third kappa shape index (κ3) is 2.23. The summed E-state index contributed by atoms with van der Waals surface area (Å²) in [5, 5.41) is 8.71. The van der Waals surface area contributed by atoms with E-state index in [4.69, 9.17) is 5.11 Å². The van der Waals surface area contributed by atoms with Gasteiger partial charge in [0.1, 0.15) is 0 Å². The largest absolute Gasteiger partial charge is 0.504 e. The Morgan fingerprint density at radius 1 is 1.23 bits per heavy atom. The molecular formula is C8H9F3O2. The Kier molecular flexibility index (Phi) is 2.63. The fourth-order valence-corrected chi connectivity index (χ4v) is 1.30. The average molecular weight is 194 g/mol. The molecule has 74 valence electrons. The molecule has 13 heavy (non-hydrogen) atoms. The van der Waals surface area contributed by atoms with Crippen LogP contribution in [0, 0.1) is 0 Å². The van der Waals surface area contributed by atoms with E-state index in [9.17, 15) is 18.0 Å². The monoisotopic (exact) mass is 194 g/mol. The van der Waals surface area contributed by atoms with E-state index in [1.165, 1.54) is 0 Å². The summed E-state index contributed by atoms with van der Waals surface area (Å²) < 4.78 is 35.8. The van der Waals surface area contributed by atoms with Gasteiger partial charge in [0.25, 0.3) is 0 Å². The van der Waals surface area contributed by atoms with Crippen molar-refractivity contribution >= 4 is 5.78 Å². The number of allylic oxidation sites excluding steroid dienone is 2. The summed E-state index contributed by atoms with van der Waals surface area (Å²) in [4.78, 5) is 11.0. The molecule has 1 aliphatic carbocycles. The highest BCUT2D eigenvalue weighted by atomic mass is 19.4. The van der Waals surface area contributed by atoms with E-state index in [-0.39, 0.29) is 12.8 Å². The number of halogens is 3. The zero-order valence-corrected chi connectivity index (χ0v) is 6.82. The second kappa shape index (κ2) is 3.40. The maximum atomic E-state index is 11.9. The van der Waals surface area contributed by atoms with Crippen LogP contribution in [0.1, 0.15) is 25.7 Å². The zero-order valence-electron chi connectivity index (χ0n) is 6.82. The van der Waals surface area contributed by atoms with E-state index in [0.29, 0.717) is 12.8 Å². The minimum Gasteiger partial charge on any atom is -0.504 e. The maximum absolute atomic E-state index is 11.9. The molecule has 1 saturated carbocycles.